The number of fused-ring (bicyclic) bond motifs is 1. The van der Waals surface area contributed by atoms with Crippen LogP contribution in [0.15, 0.2) is 35.0 Å². The van der Waals surface area contributed by atoms with Crippen molar-refractivity contribution in [3.05, 3.63) is 47.5 Å². The van der Waals surface area contributed by atoms with Crippen molar-refractivity contribution in [1.29, 1.82) is 0 Å². The number of halogens is 1. The number of hydrogen-bond donors (Lipinski definition) is 1. The van der Waals surface area contributed by atoms with Gasteiger partial charge in [-0.15, -0.1) is 0 Å². The van der Waals surface area contributed by atoms with Crippen LogP contribution in [0.3, 0.4) is 0 Å². The van der Waals surface area contributed by atoms with Crippen molar-refractivity contribution < 1.29 is 18.4 Å². The highest BCUT2D eigenvalue weighted by atomic mass is 19.1. The summed E-state index contributed by atoms with van der Waals surface area (Å²) in [4.78, 5) is 16.3. The molecule has 0 saturated carbocycles. The fourth-order valence-corrected chi connectivity index (χ4v) is 2.02. The predicted molar refractivity (Wildman–Crippen MR) is 77.4 cm³/mol. The van der Waals surface area contributed by atoms with E-state index in [9.17, 15) is 9.18 Å². The maximum Gasteiger partial charge on any atom is 0.258 e. The zero-order valence-electron chi connectivity index (χ0n) is 11.9. The lowest BCUT2D eigenvalue weighted by molar-refractivity contribution is 0.102. The van der Waals surface area contributed by atoms with E-state index in [1.165, 1.54) is 31.5 Å². The molecule has 2 aromatic heterocycles. The Morgan fingerprint density at radius 3 is 2.95 bits per heavy atom. The molecule has 1 aromatic carbocycles. The molecule has 3 aromatic rings. The van der Waals surface area contributed by atoms with E-state index in [1.807, 2.05) is 0 Å². The van der Waals surface area contributed by atoms with E-state index in [1.54, 1.807) is 13.0 Å². The van der Waals surface area contributed by atoms with Crippen molar-refractivity contribution in [2.24, 2.45) is 0 Å². The van der Waals surface area contributed by atoms with Crippen LogP contribution in [-0.2, 0) is 0 Å². The van der Waals surface area contributed by atoms with Gasteiger partial charge in [-0.1, -0.05) is 5.16 Å². The lowest BCUT2D eigenvalue weighted by Gasteiger charge is -2.07. The average molecular weight is 301 g/mol. The molecule has 0 radical (unpaired) electrons. The Hall–Kier alpha value is -2.96. The van der Waals surface area contributed by atoms with Crippen LogP contribution >= 0.6 is 0 Å². The van der Waals surface area contributed by atoms with Crippen molar-refractivity contribution >= 4 is 22.7 Å². The molecular formula is C15H12FN3O3. The summed E-state index contributed by atoms with van der Waals surface area (Å²) in [5.41, 5.74) is 1.86. The summed E-state index contributed by atoms with van der Waals surface area (Å²) < 4.78 is 23.2. The smallest absolute Gasteiger partial charge is 0.258 e. The van der Waals surface area contributed by atoms with Crippen LogP contribution in [0.2, 0.25) is 0 Å². The first-order valence-electron chi connectivity index (χ1n) is 6.45. The van der Waals surface area contributed by atoms with Gasteiger partial charge in [0, 0.05) is 5.56 Å². The number of methoxy groups -OCH3 is 1. The van der Waals surface area contributed by atoms with Crippen molar-refractivity contribution in [2.45, 2.75) is 6.92 Å². The van der Waals surface area contributed by atoms with Crippen molar-refractivity contribution in [3.63, 3.8) is 0 Å². The summed E-state index contributed by atoms with van der Waals surface area (Å²) in [6, 6.07) is 5.61. The largest absolute Gasteiger partial charge is 0.494 e. The first-order valence-corrected chi connectivity index (χ1v) is 6.45. The molecule has 0 aliphatic heterocycles. The van der Waals surface area contributed by atoms with Crippen LogP contribution in [-0.4, -0.2) is 23.2 Å². The molecule has 1 amide bonds. The highest BCUT2D eigenvalue weighted by Gasteiger charge is 2.12. The van der Waals surface area contributed by atoms with Crippen LogP contribution in [0.5, 0.6) is 5.75 Å². The van der Waals surface area contributed by atoms with E-state index in [2.05, 4.69) is 15.5 Å². The van der Waals surface area contributed by atoms with Crippen molar-refractivity contribution in [3.8, 4) is 5.75 Å². The van der Waals surface area contributed by atoms with Crippen molar-refractivity contribution in [2.75, 3.05) is 12.4 Å². The molecule has 2 heterocycles. The van der Waals surface area contributed by atoms with Gasteiger partial charge in [-0.2, -0.15) is 0 Å². The first-order chi connectivity index (χ1) is 10.6. The topological polar surface area (TPSA) is 77.2 Å². The van der Waals surface area contributed by atoms with E-state index in [4.69, 9.17) is 9.26 Å². The molecule has 3 rings (SSSR count). The second-order valence-corrected chi connectivity index (χ2v) is 4.65. The lowest BCUT2D eigenvalue weighted by atomic mass is 10.2. The minimum Gasteiger partial charge on any atom is -0.494 e. The SMILES string of the molecule is COc1cc(C(=O)Nc2cnc3onc(C)c3c2)ccc1F. The number of hydrogen-bond acceptors (Lipinski definition) is 5. The van der Waals surface area contributed by atoms with Gasteiger partial charge in [0.15, 0.2) is 11.6 Å². The van der Waals surface area contributed by atoms with Gasteiger partial charge in [0.25, 0.3) is 11.6 Å². The predicted octanol–water partition coefficient (Wildman–Crippen LogP) is 2.93. The number of rotatable bonds is 3. The highest BCUT2D eigenvalue weighted by molar-refractivity contribution is 6.05. The second-order valence-electron chi connectivity index (χ2n) is 4.65. The summed E-state index contributed by atoms with van der Waals surface area (Å²) in [5, 5.41) is 7.20. The number of benzene rings is 1. The Kier molecular flexibility index (Phi) is 3.46. The summed E-state index contributed by atoms with van der Waals surface area (Å²) in [6.07, 6.45) is 1.46. The third kappa shape index (κ3) is 2.48. The fourth-order valence-electron chi connectivity index (χ4n) is 2.02. The van der Waals surface area contributed by atoms with Crippen LogP contribution in [0.1, 0.15) is 16.1 Å². The fraction of sp³-hybridized carbons (Fsp3) is 0.133. The molecule has 0 spiro atoms. The Bertz CT molecular complexity index is 860. The molecule has 0 bridgehead atoms. The number of ether oxygens (including phenoxy) is 1. The van der Waals surface area contributed by atoms with Gasteiger partial charge >= 0.3 is 0 Å². The third-order valence-electron chi connectivity index (χ3n) is 3.18. The van der Waals surface area contributed by atoms with E-state index in [0.717, 1.165) is 5.39 Å². The summed E-state index contributed by atoms with van der Waals surface area (Å²) >= 11 is 0. The quantitative estimate of drug-likeness (QED) is 0.804. The number of nitrogens with one attached hydrogen (secondary N) is 1. The summed E-state index contributed by atoms with van der Waals surface area (Å²) in [5.74, 6) is -0.910. The average Bonchev–Trinajstić information content (AvgIpc) is 2.89. The van der Waals surface area contributed by atoms with Crippen LogP contribution in [0.4, 0.5) is 10.1 Å². The molecule has 0 fully saturated rings. The first kappa shape index (κ1) is 14.0. The number of carbonyl (C=O) groups excluding carboxylic acids is 1. The zero-order chi connectivity index (χ0) is 15.7. The number of pyridine rings is 1. The van der Waals surface area contributed by atoms with Crippen molar-refractivity contribution in [1.82, 2.24) is 10.1 Å². The van der Waals surface area contributed by atoms with Crippen LogP contribution in [0, 0.1) is 12.7 Å². The van der Waals surface area contributed by atoms with Gasteiger partial charge in [-0.05, 0) is 31.2 Å². The molecule has 6 nitrogen and oxygen atoms in total. The maximum absolute atomic E-state index is 13.4. The van der Waals surface area contributed by atoms with E-state index >= 15 is 0 Å². The Balaban J connectivity index is 1.87. The van der Waals surface area contributed by atoms with E-state index < -0.39 is 11.7 Å². The van der Waals surface area contributed by atoms with Gasteiger partial charge in [0.2, 0.25) is 0 Å². The minimum absolute atomic E-state index is 0.0103. The Labute approximate surface area is 124 Å². The van der Waals surface area contributed by atoms with E-state index in [-0.39, 0.29) is 11.3 Å². The normalized spacial score (nSPS) is 10.7. The Morgan fingerprint density at radius 2 is 2.18 bits per heavy atom. The van der Waals surface area contributed by atoms with Gasteiger partial charge in [-0.3, -0.25) is 4.79 Å². The number of nitrogens with zero attached hydrogens (tertiary/aromatic N) is 2. The summed E-state index contributed by atoms with van der Waals surface area (Å²) in [6.45, 7) is 1.78. The van der Waals surface area contributed by atoms with Gasteiger partial charge < -0.3 is 14.6 Å². The molecule has 1 N–H and O–H groups in total. The minimum atomic E-state index is -0.526. The number of anilines is 1. The molecular weight excluding hydrogens is 289 g/mol. The molecule has 0 aliphatic rings. The number of carbonyl (C=O) groups is 1. The number of aryl methyl sites for hydroxylation is 1. The van der Waals surface area contributed by atoms with Gasteiger partial charge in [0.05, 0.1) is 30.1 Å². The molecule has 0 unspecified atom stereocenters. The molecule has 7 heteroatoms. The standard InChI is InChI=1S/C15H12FN3O3/c1-8-11-6-10(7-17-15(11)22-19-8)18-14(20)9-3-4-12(16)13(5-9)21-2/h3-7H,1-2H3,(H,18,20). The van der Waals surface area contributed by atoms with Crippen LogP contribution < -0.4 is 10.1 Å². The van der Waals surface area contributed by atoms with Gasteiger partial charge in [0.1, 0.15) is 0 Å². The van der Waals surface area contributed by atoms with Crippen LogP contribution in [0.25, 0.3) is 11.1 Å². The van der Waals surface area contributed by atoms with Gasteiger partial charge in [-0.25, -0.2) is 9.37 Å². The third-order valence-corrected chi connectivity index (χ3v) is 3.18. The lowest BCUT2D eigenvalue weighted by Crippen LogP contribution is -2.12. The second kappa shape index (κ2) is 5.44. The molecule has 22 heavy (non-hydrogen) atoms. The number of aromatic nitrogens is 2. The Morgan fingerprint density at radius 1 is 1.36 bits per heavy atom. The van der Waals surface area contributed by atoms with E-state index in [0.29, 0.717) is 17.1 Å². The monoisotopic (exact) mass is 301 g/mol. The molecule has 112 valence electrons. The number of amides is 1. The molecule has 0 saturated heterocycles. The summed E-state index contributed by atoms with van der Waals surface area (Å²) in [7, 11) is 1.34. The highest BCUT2D eigenvalue weighted by Crippen LogP contribution is 2.21. The molecule has 0 atom stereocenters. The molecule has 0 aliphatic carbocycles. The zero-order valence-corrected chi connectivity index (χ0v) is 11.9. The maximum atomic E-state index is 13.4.